The Bertz CT molecular complexity index is 665. The monoisotopic (exact) mass is 387 g/mol. The Kier molecular flexibility index (Phi) is 5.93. The lowest BCUT2D eigenvalue weighted by Gasteiger charge is -2.36. The van der Waals surface area contributed by atoms with Gasteiger partial charge in [0.15, 0.2) is 0 Å². The van der Waals surface area contributed by atoms with Crippen molar-refractivity contribution >= 4 is 23.1 Å². The van der Waals surface area contributed by atoms with Crippen LogP contribution in [0.2, 0.25) is 0 Å². The quantitative estimate of drug-likeness (QED) is 0.791. The van der Waals surface area contributed by atoms with Gasteiger partial charge in [0.2, 0.25) is 0 Å². The van der Waals surface area contributed by atoms with E-state index >= 15 is 0 Å². The number of piperidine rings is 1. The average molecular weight is 388 g/mol. The molecular weight excluding hydrogens is 358 g/mol. The Morgan fingerprint density at radius 1 is 1.19 bits per heavy atom. The highest BCUT2D eigenvalue weighted by Gasteiger charge is 2.43. The first kappa shape index (κ1) is 18.7. The van der Waals surface area contributed by atoms with Gasteiger partial charge in [-0.2, -0.15) is 0 Å². The summed E-state index contributed by atoms with van der Waals surface area (Å²) in [5.74, 6) is 0.741. The molecule has 1 spiro atoms. The molecule has 1 aromatic carbocycles. The van der Waals surface area contributed by atoms with Crippen molar-refractivity contribution in [2.45, 2.75) is 57.0 Å². The summed E-state index contributed by atoms with van der Waals surface area (Å²) in [4.78, 5) is 11.7. The molecule has 0 aromatic heterocycles. The van der Waals surface area contributed by atoms with Crippen LogP contribution in [0.25, 0.3) is 0 Å². The number of hydroxylamine groups is 2. The number of benzene rings is 1. The lowest BCUT2D eigenvalue weighted by atomic mass is 9.86. The van der Waals surface area contributed by atoms with E-state index in [9.17, 15) is 0 Å². The largest absolute Gasteiger partial charge is 0.388 e. The molecule has 1 saturated carbocycles. The predicted molar refractivity (Wildman–Crippen MR) is 110 cm³/mol. The van der Waals surface area contributed by atoms with Crippen molar-refractivity contribution in [3.8, 4) is 0 Å². The minimum Gasteiger partial charge on any atom is -0.388 e. The van der Waals surface area contributed by atoms with E-state index in [1.54, 1.807) is 0 Å². The molecule has 146 valence electrons. The molecule has 0 radical (unpaired) electrons. The molecule has 1 aliphatic carbocycles. The van der Waals surface area contributed by atoms with Crippen molar-refractivity contribution in [1.29, 1.82) is 0 Å². The van der Waals surface area contributed by atoms with Crippen LogP contribution in [-0.2, 0) is 9.68 Å². The van der Waals surface area contributed by atoms with Gasteiger partial charge in [0, 0.05) is 38.9 Å². The third-order valence-corrected chi connectivity index (χ3v) is 6.27. The van der Waals surface area contributed by atoms with Crippen molar-refractivity contribution in [3.05, 3.63) is 35.9 Å². The van der Waals surface area contributed by atoms with Gasteiger partial charge in [0.1, 0.15) is 5.60 Å². The molecule has 4 rings (SSSR count). The maximum absolute atomic E-state index is 5.89. The molecule has 1 aromatic rings. The first-order valence-corrected chi connectivity index (χ1v) is 10.6. The van der Waals surface area contributed by atoms with E-state index in [1.807, 2.05) is 23.3 Å². The predicted octanol–water partition coefficient (Wildman–Crippen LogP) is 4.03. The molecule has 0 bridgehead atoms. The zero-order chi connectivity index (χ0) is 18.5. The molecule has 2 fully saturated rings. The van der Waals surface area contributed by atoms with Gasteiger partial charge >= 0.3 is 0 Å². The minimum atomic E-state index is -0.178. The number of rotatable bonds is 4. The number of oxime groups is 1. The summed E-state index contributed by atoms with van der Waals surface area (Å²) in [5.41, 5.74) is 2.03. The number of nitrogens with one attached hydrogen (secondary N) is 1. The van der Waals surface area contributed by atoms with E-state index < -0.39 is 0 Å². The molecular formula is C21H29N3O2S. The van der Waals surface area contributed by atoms with E-state index in [2.05, 4.69) is 22.6 Å². The number of hydrogen-bond donors (Lipinski definition) is 1. The molecule has 6 heteroatoms. The number of hydrogen-bond acceptors (Lipinski definition) is 5. The molecule has 2 aliphatic heterocycles. The fourth-order valence-electron chi connectivity index (χ4n) is 4.33. The molecule has 27 heavy (non-hydrogen) atoms. The lowest BCUT2D eigenvalue weighted by Crippen LogP contribution is -2.46. The topological polar surface area (TPSA) is 46.1 Å². The first-order valence-electron chi connectivity index (χ1n) is 10.2. The van der Waals surface area contributed by atoms with Crippen molar-refractivity contribution < 1.29 is 9.68 Å². The van der Waals surface area contributed by atoms with Gasteiger partial charge in [0.25, 0.3) is 5.17 Å². The van der Waals surface area contributed by atoms with Crippen molar-refractivity contribution in [1.82, 2.24) is 10.4 Å². The van der Waals surface area contributed by atoms with Crippen LogP contribution in [0, 0.1) is 5.92 Å². The van der Waals surface area contributed by atoms with Crippen LogP contribution in [0.15, 0.2) is 35.5 Å². The average Bonchev–Trinajstić information content (AvgIpc) is 3.14. The summed E-state index contributed by atoms with van der Waals surface area (Å²) in [5, 5.41) is 10.1. The Labute approximate surface area is 167 Å². The molecule has 0 atom stereocenters. The second-order valence-corrected chi connectivity index (χ2v) is 8.42. The summed E-state index contributed by atoms with van der Waals surface area (Å²) < 4.78 is 0. The summed E-state index contributed by atoms with van der Waals surface area (Å²) in [6.07, 6.45) is 9.37. The van der Waals surface area contributed by atoms with Crippen molar-refractivity contribution in [3.63, 3.8) is 0 Å². The van der Waals surface area contributed by atoms with Crippen LogP contribution in [0.4, 0.5) is 0 Å². The molecule has 1 N–H and O–H groups in total. The SMILES string of the molecule is S=C(NCC1CCCCC1)ON1CCC2(CC1)CC(c1ccccc1)=NO2. The third-order valence-electron chi connectivity index (χ3n) is 6.05. The maximum atomic E-state index is 5.89. The van der Waals surface area contributed by atoms with Gasteiger partial charge < -0.3 is 15.0 Å². The first-order chi connectivity index (χ1) is 13.2. The van der Waals surface area contributed by atoms with E-state index in [-0.39, 0.29) is 5.60 Å². The van der Waals surface area contributed by atoms with Crippen LogP contribution < -0.4 is 5.32 Å². The van der Waals surface area contributed by atoms with Crippen LogP contribution in [0.1, 0.15) is 56.9 Å². The molecule has 0 amide bonds. The van der Waals surface area contributed by atoms with Gasteiger partial charge in [0.05, 0.1) is 5.71 Å². The van der Waals surface area contributed by atoms with Gasteiger partial charge in [-0.05, 0) is 36.5 Å². The zero-order valence-corrected chi connectivity index (χ0v) is 16.7. The van der Waals surface area contributed by atoms with E-state index in [0.717, 1.165) is 56.1 Å². The molecule has 5 nitrogen and oxygen atoms in total. The Morgan fingerprint density at radius 3 is 2.67 bits per heavy atom. The summed E-state index contributed by atoms with van der Waals surface area (Å²) >= 11 is 5.38. The van der Waals surface area contributed by atoms with Crippen LogP contribution in [0.5, 0.6) is 0 Å². The fourth-order valence-corrected chi connectivity index (χ4v) is 4.52. The van der Waals surface area contributed by atoms with E-state index in [4.69, 9.17) is 21.9 Å². The normalized spacial score (nSPS) is 22.9. The highest BCUT2D eigenvalue weighted by atomic mass is 32.1. The Morgan fingerprint density at radius 2 is 1.93 bits per heavy atom. The molecule has 1 saturated heterocycles. The Balaban J connectivity index is 1.20. The second-order valence-electron chi connectivity index (χ2n) is 8.05. The molecule has 0 unspecified atom stereocenters. The summed E-state index contributed by atoms with van der Waals surface area (Å²) in [7, 11) is 0. The van der Waals surface area contributed by atoms with Gasteiger partial charge in [-0.1, -0.05) is 54.8 Å². The van der Waals surface area contributed by atoms with Gasteiger partial charge in [-0.15, -0.1) is 5.06 Å². The smallest absolute Gasteiger partial charge is 0.278 e. The molecule has 2 heterocycles. The lowest BCUT2D eigenvalue weighted by molar-refractivity contribution is -0.145. The summed E-state index contributed by atoms with van der Waals surface area (Å²) in [6.45, 7) is 2.56. The van der Waals surface area contributed by atoms with Gasteiger partial charge in [-0.3, -0.25) is 0 Å². The van der Waals surface area contributed by atoms with Crippen LogP contribution in [0.3, 0.4) is 0 Å². The maximum Gasteiger partial charge on any atom is 0.278 e. The fraction of sp³-hybridized carbons (Fsp3) is 0.619. The van der Waals surface area contributed by atoms with Crippen molar-refractivity contribution in [2.24, 2.45) is 11.1 Å². The van der Waals surface area contributed by atoms with Gasteiger partial charge in [-0.25, -0.2) is 0 Å². The Hall–Kier alpha value is -1.66. The number of nitrogens with zero attached hydrogens (tertiary/aromatic N) is 2. The summed E-state index contributed by atoms with van der Waals surface area (Å²) in [6, 6.07) is 10.3. The zero-order valence-electron chi connectivity index (χ0n) is 15.9. The third kappa shape index (κ3) is 4.79. The van der Waals surface area contributed by atoms with Crippen LogP contribution in [-0.4, -0.2) is 41.2 Å². The van der Waals surface area contributed by atoms with E-state index in [0.29, 0.717) is 5.17 Å². The highest BCUT2D eigenvalue weighted by Crippen LogP contribution is 2.36. The second kappa shape index (κ2) is 8.57. The van der Waals surface area contributed by atoms with E-state index in [1.165, 1.54) is 32.1 Å². The molecule has 3 aliphatic rings. The standard InChI is InChI=1S/C21H29N3O2S/c27-20(22-16-17-7-3-1-4-8-17)25-24-13-11-21(12-14-24)15-19(23-26-21)18-9-5-2-6-10-18/h2,5-6,9-10,17H,1,3-4,7-8,11-16H2,(H,22,27). The highest BCUT2D eigenvalue weighted by molar-refractivity contribution is 7.80. The van der Waals surface area contributed by atoms with Crippen LogP contribution >= 0.6 is 12.2 Å². The minimum absolute atomic E-state index is 0.178. The van der Waals surface area contributed by atoms with Crippen molar-refractivity contribution in [2.75, 3.05) is 19.6 Å². The number of thiocarbonyl (C=S) groups is 1.